The maximum Gasteiger partial charge on any atom is 0.261 e. The second kappa shape index (κ2) is 5.81. The van der Waals surface area contributed by atoms with Gasteiger partial charge in [-0.1, -0.05) is 32.9 Å². The Morgan fingerprint density at radius 3 is 2.04 bits per heavy atom. The standard InChI is InChI=1S/C19H27NO3Si/c1-19(2,3)24(4,5)23-16(13-10-11-13)12-20-17(21)14-8-6-7-9-15(14)18(20)22/h6-9,13,16H,10-12H2,1-5H3. The molecule has 130 valence electrons. The molecule has 2 aliphatic rings. The van der Waals surface area contributed by atoms with E-state index >= 15 is 0 Å². The van der Waals surface area contributed by atoms with E-state index in [9.17, 15) is 9.59 Å². The van der Waals surface area contributed by atoms with Crippen molar-refractivity contribution >= 4 is 20.1 Å². The lowest BCUT2D eigenvalue weighted by Gasteiger charge is -2.40. The van der Waals surface area contributed by atoms with Crippen molar-refractivity contribution in [2.45, 2.75) is 57.8 Å². The summed E-state index contributed by atoms with van der Waals surface area (Å²) in [5.41, 5.74) is 1.04. The van der Waals surface area contributed by atoms with Crippen molar-refractivity contribution in [1.82, 2.24) is 4.90 Å². The van der Waals surface area contributed by atoms with Crippen LogP contribution in [0.2, 0.25) is 18.1 Å². The molecule has 0 saturated heterocycles. The molecule has 1 aromatic carbocycles. The third-order valence-corrected chi connectivity index (χ3v) is 10.1. The number of rotatable bonds is 5. The first-order valence-corrected chi connectivity index (χ1v) is 11.7. The number of amides is 2. The Bertz CT molecular complexity index is 638. The van der Waals surface area contributed by atoms with Crippen LogP contribution in [0.15, 0.2) is 24.3 Å². The maximum atomic E-state index is 12.6. The van der Waals surface area contributed by atoms with Gasteiger partial charge in [0.05, 0.1) is 23.8 Å². The minimum absolute atomic E-state index is 0.0342. The van der Waals surface area contributed by atoms with E-state index in [0.29, 0.717) is 23.6 Å². The zero-order valence-electron chi connectivity index (χ0n) is 15.3. The minimum Gasteiger partial charge on any atom is -0.412 e. The van der Waals surface area contributed by atoms with Gasteiger partial charge in [-0.25, -0.2) is 0 Å². The van der Waals surface area contributed by atoms with E-state index in [1.54, 1.807) is 24.3 Å². The molecule has 0 spiro atoms. The van der Waals surface area contributed by atoms with Crippen molar-refractivity contribution in [1.29, 1.82) is 0 Å². The summed E-state index contributed by atoms with van der Waals surface area (Å²) in [6.07, 6.45) is 2.22. The van der Waals surface area contributed by atoms with E-state index in [1.807, 2.05) is 0 Å². The van der Waals surface area contributed by atoms with Crippen LogP contribution < -0.4 is 0 Å². The summed E-state index contributed by atoms with van der Waals surface area (Å²) in [6.45, 7) is 11.5. The van der Waals surface area contributed by atoms with Crippen LogP contribution in [0.4, 0.5) is 0 Å². The molecule has 24 heavy (non-hydrogen) atoms. The second-order valence-corrected chi connectivity index (χ2v) is 13.3. The fraction of sp³-hybridized carbons (Fsp3) is 0.579. The number of hydrogen-bond donors (Lipinski definition) is 0. The summed E-state index contributed by atoms with van der Waals surface area (Å²) in [7, 11) is -1.94. The number of fused-ring (bicyclic) bond motifs is 1. The number of carbonyl (C=O) groups is 2. The third-order valence-electron chi connectivity index (χ3n) is 5.64. The van der Waals surface area contributed by atoms with Crippen LogP contribution in [0.25, 0.3) is 0 Å². The number of nitrogens with zero attached hydrogens (tertiary/aromatic N) is 1. The van der Waals surface area contributed by atoms with Gasteiger partial charge in [0.15, 0.2) is 8.32 Å². The Balaban J connectivity index is 1.79. The van der Waals surface area contributed by atoms with E-state index < -0.39 is 8.32 Å². The summed E-state index contributed by atoms with van der Waals surface area (Å²) >= 11 is 0. The quantitative estimate of drug-likeness (QED) is 0.597. The molecular formula is C19H27NO3Si. The van der Waals surface area contributed by atoms with E-state index in [1.165, 1.54) is 4.90 Å². The molecule has 0 aromatic heterocycles. The van der Waals surface area contributed by atoms with Gasteiger partial charge in [-0.05, 0) is 49.0 Å². The third kappa shape index (κ3) is 3.07. The predicted molar refractivity (Wildman–Crippen MR) is 96.6 cm³/mol. The molecule has 1 atom stereocenters. The minimum atomic E-state index is -1.94. The van der Waals surface area contributed by atoms with Gasteiger partial charge in [0.1, 0.15) is 0 Å². The molecule has 0 radical (unpaired) electrons. The summed E-state index contributed by atoms with van der Waals surface area (Å²) in [4.78, 5) is 26.6. The first-order chi connectivity index (χ1) is 11.1. The van der Waals surface area contributed by atoms with Crippen LogP contribution in [0.3, 0.4) is 0 Å². The van der Waals surface area contributed by atoms with E-state index in [-0.39, 0.29) is 23.0 Å². The van der Waals surface area contributed by atoms with Crippen LogP contribution in [-0.2, 0) is 4.43 Å². The van der Waals surface area contributed by atoms with E-state index in [4.69, 9.17) is 4.43 Å². The van der Waals surface area contributed by atoms with Gasteiger partial charge in [-0.3, -0.25) is 14.5 Å². The molecule has 1 unspecified atom stereocenters. The molecule has 3 rings (SSSR count). The van der Waals surface area contributed by atoms with Crippen molar-refractivity contribution in [3.8, 4) is 0 Å². The molecule has 1 fully saturated rings. The largest absolute Gasteiger partial charge is 0.412 e. The highest BCUT2D eigenvalue weighted by Gasteiger charge is 2.45. The monoisotopic (exact) mass is 345 g/mol. The molecule has 2 amide bonds. The Morgan fingerprint density at radius 1 is 1.12 bits per heavy atom. The molecule has 1 aromatic rings. The van der Waals surface area contributed by atoms with Gasteiger partial charge in [-0.15, -0.1) is 0 Å². The normalized spacial score (nSPS) is 19.6. The van der Waals surface area contributed by atoms with Gasteiger partial charge >= 0.3 is 0 Å². The summed E-state index contributed by atoms with van der Waals surface area (Å²) in [6, 6.07) is 7.07. The summed E-state index contributed by atoms with van der Waals surface area (Å²) < 4.78 is 6.58. The summed E-state index contributed by atoms with van der Waals surface area (Å²) in [5, 5.41) is 0.113. The highest BCUT2D eigenvalue weighted by atomic mass is 28.4. The van der Waals surface area contributed by atoms with Gasteiger partial charge in [0.2, 0.25) is 0 Å². The zero-order chi connectivity index (χ0) is 17.7. The second-order valence-electron chi connectivity index (χ2n) is 8.52. The lowest BCUT2D eigenvalue weighted by atomic mass is 10.1. The fourth-order valence-corrected chi connectivity index (χ4v) is 4.27. The van der Waals surface area contributed by atoms with Gasteiger partial charge in [0, 0.05) is 0 Å². The zero-order valence-corrected chi connectivity index (χ0v) is 16.3. The molecule has 4 nitrogen and oxygen atoms in total. The highest BCUT2D eigenvalue weighted by Crippen LogP contribution is 2.42. The van der Waals surface area contributed by atoms with Gasteiger partial charge in [0.25, 0.3) is 11.8 Å². The first-order valence-electron chi connectivity index (χ1n) is 8.75. The molecule has 1 heterocycles. The highest BCUT2D eigenvalue weighted by molar-refractivity contribution is 6.74. The topological polar surface area (TPSA) is 46.6 Å². The molecule has 1 aliphatic carbocycles. The molecular weight excluding hydrogens is 318 g/mol. The predicted octanol–water partition coefficient (Wildman–Crippen LogP) is 4.08. The van der Waals surface area contributed by atoms with Crippen molar-refractivity contribution < 1.29 is 14.0 Å². The van der Waals surface area contributed by atoms with Crippen LogP contribution in [-0.4, -0.2) is 37.7 Å². The van der Waals surface area contributed by atoms with E-state index in [0.717, 1.165) is 12.8 Å². The van der Waals surface area contributed by atoms with Gasteiger partial charge < -0.3 is 4.43 Å². The average Bonchev–Trinajstić information content (AvgIpc) is 3.30. The van der Waals surface area contributed by atoms with Crippen molar-refractivity contribution in [3.63, 3.8) is 0 Å². The lowest BCUT2D eigenvalue weighted by Crippen LogP contribution is -2.48. The van der Waals surface area contributed by atoms with Crippen molar-refractivity contribution in [3.05, 3.63) is 35.4 Å². The average molecular weight is 346 g/mol. The number of hydrogen-bond acceptors (Lipinski definition) is 3. The summed E-state index contributed by atoms with van der Waals surface area (Å²) in [5.74, 6) is 0.114. The Morgan fingerprint density at radius 2 is 1.62 bits per heavy atom. The Hall–Kier alpha value is -1.46. The van der Waals surface area contributed by atoms with Gasteiger partial charge in [-0.2, -0.15) is 0 Å². The van der Waals surface area contributed by atoms with Crippen LogP contribution in [0.5, 0.6) is 0 Å². The molecule has 1 saturated carbocycles. The maximum absolute atomic E-state index is 12.6. The fourth-order valence-electron chi connectivity index (χ4n) is 2.89. The number of benzene rings is 1. The number of imide groups is 1. The van der Waals surface area contributed by atoms with Crippen molar-refractivity contribution in [2.24, 2.45) is 5.92 Å². The number of carbonyl (C=O) groups excluding carboxylic acids is 2. The molecule has 1 aliphatic heterocycles. The van der Waals surface area contributed by atoms with Crippen LogP contribution in [0, 0.1) is 5.92 Å². The lowest BCUT2D eigenvalue weighted by molar-refractivity contribution is 0.0532. The first kappa shape index (κ1) is 17.4. The Labute approximate surface area is 145 Å². The Kier molecular flexibility index (Phi) is 4.20. The van der Waals surface area contributed by atoms with Crippen molar-refractivity contribution in [2.75, 3.05) is 6.54 Å². The SMILES string of the molecule is CC(C)(C)[Si](C)(C)OC(CN1C(=O)c2ccccc2C1=O)C1CC1. The molecule has 5 heteroatoms. The smallest absolute Gasteiger partial charge is 0.261 e. The van der Waals surface area contributed by atoms with Crippen LogP contribution in [0.1, 0.15) is 54.3 Å². The van der Waals surface area contributed by atoms with E-state index in [2.05, 4.69) is 33.9 Å². The van der Waals surface area contributed by atoms with Crippen LogP contribution >= 0.6 is 0 Å². The molecule has 0 bridgehead atoms. The molecule has 0 N–H and O–H groups in total.